The van der Waals surface area contributed by atoms with E-state index in [0.29, 0.717) is 19.4 Å². The predicted octanol–water partition coefficient (Wildman–Crippen LogP) is 1.63. The van der Waals surface area contributed by atoms with Crippen LogP contribution in [0, 0.1) is 0 Å². The molecule has 1 heterocycles. The van der Waals surface area contributed by atoms with E-state index in [2.05, 4.69) is 4.98 Å². The van der Waals surface area contributed by atoms with Crippen LogP contribution in [0.4, 0.5) is 11.5 Å². The predicted molar refractivity (Wildman–Crippen MR) is 131 cm³/mol. The van der Waals surface area contributed by atoms with Crippen molar-refractivity contribution in [2.75, 3.05) is 30.8 Å². The van der Waals surface area contributed by atoms with Crippen molar-refractivity contribution in [3.8, 4) is 0 Å². The summed E-state index contributed by atoms with van der Waals surface area (Å²) >= 11 is 0. The first kappa shape index (κ1) is 28.9. The van der Waals surface area contributed by atoms with Crippen LogP contribution in [-0.2, 0) is 25.7 Å². The van der Waals surface area contributed by atoms with E-state index >= 15 is 0 Å². The van der Waals surface area contributed by atoms with Crippen molar-refractivity contribution in [1.29, 1.82) is 0 Å². The Kier molecular flexibility index (Phi) is 12.1. The average molecular weight is 482 g/mol. The van der Waals surface area contributed by atoms with Gasteiger partial charge in [0.2, 0.25) is 5.91 Å². The molecule has 0 spiro atoms. The molecular weight excluding hydrogens is 442 g/mol. The number of esters is 1. The molecule has 0 radical (unpaired) electrons. The third kappa shape index (κ3) is 8.35. The maximum Gasteiger partial charge on any atom is 0.330 e. The number of nitrogens with two attached hydrogens (primary N) is 1. The third-order valence-corrected chi connectivity index (χ3v) is 5.57. The van der Waals surface area contributed by atoms with Crippen LogP contribution in [0.1, 0.15) is 72.6 Å². The van der Waals surface area contributed by atoms with Crippen LogP contribution in [0.2, 0.25) is 0 Å². The molecule has 11 nitrogen and oxygen atoms in total. The summed E-state index contributed by atoms with van der Waals surface area (Å²) in [7, 11) is 1.61. The lowest BCUT2D eigenvalue weighted by Gasteiger charge is -2.24. The minimum atomic E-state index is -0.745. The molecule has 34 heavy (non-hydrogen) atoms. The Labute approximate surface area is 200 Å². The van der Waals surface area contributed by atoms with Crippen LogP contribution in [0.3, 0.4) is 0 Å². The first-order valence-electron chi connectivity index (χ1n) is 11.9. The van der Waals surface area contributed by atoms with Gasteiger partial charge in [-0.2, -0.15) is 0 Å². The number of H-pyrrole nitrogens is 1. The number of nitrogens with one attached hydrogen (secondary N) is 1. The molecule has 0 saturated carbocycles. The second-order valence-corrected chi connectivity index (χ2v) is 8.51. The van der Waals surface area contributed by atoms with Gasteiger partial charge in [0.25, 0.3) is 11.5 Å². The zero-order valence-electron chi connectivity index (χ0n) is 21.0. The van der Waals surface area contributed by atoms with E-state index < -0.39 is 29.7 Å². The molecule has 1 rings (SSSR count). The van der Waals surface area contributed by atoms with E-state index in [9.17, 15) is 24.0 Å². The molecule has 0 saturated heterocycles. The molecule has 3 N–H and O–H groups in total. The molecule has 0 unspecified atom stereocenters. The van der Waals surface area contributed by atoms with Gasteiger partial charge in [-0.25, -0.2) is 4.79 Å². The Hall–Kier alpha value is -3.11. The fourth-order valence-corrected chi connectivity index (χ4v) is 3.21. The average Bonchev–Trinajstić information content (AvgIpc) is 2.79. The number of rotatable bonds is 14. The van der Waals surface area contributed by atoms with Gasteiger partial charge in [0.05, 0.1) is 6.42 Å². The summed E-state index contributed by atoms with van der Waals surface area (Å²) in [5.41, 5.74) is 4.72. The Morgan fingerprint density at radius 1 is 1.03 bits per heavy atom. The number of likely N-dealkylation sites (N-methyl/N-ethyl adjacent to an activating group) is 1. The first-order valence-corrected chi connectivity index (χ1v) is 11.9. The first-order chi connectivity index (χ1) is 16.0. The van der Waals surface area contributed by atoms with Crippen molar-refractivity contribution in [3.05, 3.63) is 20.8 Å². The second kappa shape index (κ2) is 14.2. The molecule has 1 aromatic heterocycles. The quantitative estimate of drug-likeness (QED) is 0.303. The number of aromatic nitrogens is 2. The molecule has 0 bridgehead atoms. The lowest BCUT2D eigenvalue weighted by atomic mass is 10.2. The number of nitrogens with zero attached hydrogens (tertiary/aromatic N) is 3. The molecule has 11 heteroatoms. The maximum absolute atomic E-state index is 13.0. The van der Waals surface area contributed by atoms with Gasteiger partial charge in [-0.15, -0.1) is 0 Å². The van der Waals surface area contributed by atoms with Crippen molar-refractivity contribution < 1.29 is 19.1 Å². The smallest absolute Gasteiger partial charge is 0.330 e. The highest BCUT2D eigenvalue weighted by Crippen LogP contribution is 2.20. The molecule has 0 aliphatic heterocycles. The Morgan fingerprint density at radius 3 is 2.26 bits per heavy atom. The molecule has 2 amide bonds. The van der Waals surface area contributed by atoms with Crippen molar-refractivity contribution in [3.63, 3.8) is 0 Å². The number of nitrogen functional groups attached to an aromatic ring is 1. The van der Waals surface area contributed by atoms with Gasteiger partial charge in [-0.3, -0.25) is 28.7 Å². The van der Waals surface area contributed by atoms with Crippen molar-refractivity contribution in [2.45, 2.75) is 85.2 Å². The lowest BCUT2D eigenvalue weighted by molar-refractivity contribution is -0.152. The van der Waals surface area contributed by atoms with Crippen molar-refractivity contribution >= 4 is 29.3 Å². The number of unbranched alkanes of at least 4 members (excludes halogenated alkanes) is 3. The Balaban J connectivity index is 3.01. The molecule has 0 aliphatic carbocycles. The van der Waals surface area contributed by atoms with Gasteiger partial charge in [-0.05, 0) is 26.7 Å². The fourth-order valence-electron chi connectivity index (χ4n) is 3.21. The molecule has 0 aromatic carbocycles. The van der Waals surface area contributed by atoms with E-state index in [0.717, 1.165) is 19.3 Å². The van der Waals surface area contributed by atoms with Crippen molar-refractivity contribution in [1.82, 2.24) is 14.5 Å². The Bertz CT molecular complexity index is 952. The summed E-state index contributed by atoms with van der Waals surface area (Å²) in [4.78, 5) is 66.9. The number of hydrogen-bond donors (Lipinski definition) is 2. The Morgan fingerprint density at radius 2 is 1.68 bits per heavy atom. The summed E-state index contributed by atoms with van der Waals surface area (Å²) in [6.07, 6.45) is 3.35. The summed E-state index contributed by atoms with van der Waals surface area (Å²) in [5, 5.41) is 0. The monoisotopic (exact) mass is 481 g/mol. The summed E-state index contributed by atoms with van der Waals surface area (Å²) in [5.74, 6) is -1.60. The van der Waals surface area contributed by atoms with E-state index in [-0.39, 0.29) is 42.8 Å². The highest BCUT2D eigenvalue weighted by Gasteiger charge is 2.25. The molecule has 192 valence electrons. The van der Waals surface area contributed by atoms with E-state index in [4.69, 9.17) is 10.5 Å². The van der Waals surface area contributed by atoms with Gasteiger partial charge in [0.1, 0.15) is 5.82 Å². The zero-order chi connectivity index (χ0) is 25.8. The van der Waals surface area contributed by atoms with Crippen molar-refractivity contribution in [2.24, 2.45) is 0 Å². The minimum Gasteiger partial charge on any atom is -0.456 e. The summed E-state index contributed by atoms with van der Waals surface area (Å²) in [6.45, 7) is 7.77. The van der Waals surface area contributed by atoms with Gasteiger partial charge in [0, 0.05) is 32.6 Å². The molecule has 0 atom stereocenters. The second-order valence-electron chi connectivity index (χ2n) is 8.51. The lowest BCUT2D eigenvalue weighted by Crippen LogP contribution is -2.41. The van der Waals surface area contributed by atoms with Gasteiger partial charge < -0.3 is 20.3 Å². The standard InChI is InChI=1S/C23H39N5O6/c1-6-8-10-14-27(20-21(24)28(13-9-7-2)23(33)25-22(20)32)17(29)11-12-19(31)34-15-18(30)26(5)16(3)4/h16H,6-15,24H2,1-5H3,(H,25,32,33). The summed E-state index contributed by atoms with van der Waals surface area (Å²) in [6, 6.07) is -0.0337. The topological polar surface area (TPSA) is 148 Å². The highest BCUT2D eigenvalue weighted by atomic mass is 16.5. The van der Waals surface area contributed by atoms with Crippen LogP contribution in [-0.4, -0.2) is 58.5 Å². The normalized spacial score (nSPS) is 10.9. The SMILES string of the molecule is CCCCCN(C(=O)CCC(=O)OCC(=O)N(C)C(C)C)c1c(N)n(CCCC)c(=O)[nH]c1=O. The molecule has 1 aromatic rings. The summed E-state index contributed by atoms with van der Waals surface area (Å²) < 4.78 is 6.25. The van der Waals surface area contributed by atoms with Crippen LogP contribution < -0.4 is 21.9 Å². The van der Waals surface area contributed by atoms with Crippen LogP contribution in [0.25, 0.3) is 0 Å². The minimum absolute atomic E-state index is 0.0337. The number of hydrogen-bond acceptors (Lipinski definition) is 7. The van der Waals surface area contributed by atoms with Gasteiger partial charge >= 0.3 is 11.7 Å². The molecule has 0 aliphatic rings. The van der Waals surface area contributed by atoms with E-state index in [1.807, 2.05) is 27.7 Å². The number of carbonyl (C=O) groups excluding carboxylic acids is 3. The van der Waals surface area contributed by atoms with E-state index in [1.54, 1.807) is 7.05 Å². The number of carbonyl (C=O) groups is 3. The van der Waals surface area contributed by atoms with Crippen LogP contribution in [0.5, 0.6) is 0 Å². The van der Waals surface area contributed by atoms with Gasteiger partial charge in [0.15, 0.2) is 12.3 Å². The number of anilines is 2. The van der Waals surface area contributed by atoms with Gasteiger partial charge in [-0.1, -0.05) is 33.1 Å². The molecule has 0 fully saturated rings. The van der Waals surface area contributed by atoms with Crippen LogP contribution in [0.15, 0.2) is 9.59 Å². The largest absolute Gasteiger partial charge is 0.456 e. The fraction of sp³-hybridized carbons (Fsp3) is 0.696. The zero-order valence-corrected chi connectivity index (χ0v) is 21.0. The number of ether oxygens (including phenoxy) is 1. The number of amides is 2. The number of aromatic amines is 1. The molecular formula is C23H39N5O6. The van der Waals surface area contributed by atoms with Crippen LogP contribution >= 0.6 is 0 Å². The third-order valence-electron chi connectivity index (χ3n) is 5.57. The maximum atomic E-state index is 13.0. The highest BCUT2D eigenvalue weighted by molar-refractivity contribution is 5.97. The van der Waals surface area contributed by atoms with E-state index in [1.165, 1.54) is 14.4 Å².